The molecule has 0 saturated heterocycles. The fraction of sp³-hybridized carbons (Fsp3) is 0.143. The summed E-state index contributed by atoms with van der Waals surface area (Å²) in [4.78, 5) is 17.8. The largest absolute Gasteiger partial charge is 0.334 e. The molecule has 2 heterocycles. The van der Waals surface area contributed by atoms with Gasteiger partial charge in [-0.1, -0.05) is 4.49 Å². The lowest BCUT2D eigenvalue weighted by Crippen LogP contribution is -1.91. The summed E-state index contributed by atoms with van der Waals surface area (Å²) in [5.74, 6) is 0.542. The van der Waals surface area contributed by atoms with E-state index in [9.17, 15) is 4.79 Å². The van der Waals surface area contributed by atoms with E-state index in [1.165, 1.54) is 24.7 Å². The molecular formula is C7H6N4OS. The van der Waals surface area contributed by atoms with Gasteiger partial charge in [-0.05, 0) is 11.5 Å². The van der Waals surface area contributed by atoms with Gasteiger partial charge in [0.2, 0.25) is 0 Å². The molecule has 0 amide bonds. The minimum absolute atomic E-state index is 0.0399. The Morgan fingerprint density at radius 1 is 1.62 bits per heavy atom. The summed E-state index contributed by atoms with van der Waals surface area (Å²) >= 11 is 1.25. The van der Waals surface area contributed by atoms with E-state index in [1.54, 1.807) is 5.38 Å². The van der Waals surface area contributed by atoms with Gasteiger partial charge in [0.25, 0.3) is 0 Å². The van der Waals surface area contributed by atoms with Gasteiger partial charge in [-0.15, -0.1) is 5.10 Å². The van der Waals surface area contributed by atoms with Crippen molar-refractivity contribution in [2.45, 2.75) is 6.92 Å². The molecule has 0 bridgehead atoms. The first-order valence-electron chi connectivity index (χ1n) is 3.61. The van der Waals surface area contributed by atoms with Gasteiger partial charge < -0.3 is 4.98 Å². The molecule has 13 heavy (non-hydrogen) atoms. The maximum absolute atomic E-state index is 10.9. The van der Waals surface area contributed by atoms with E-state index in [0.717, 1.165) is 0 Å². The second-order valence-electron chi connectivity index (χ2n) is 2.49. The van der Waals surface area contributed by atoms with E-state index in [2.05, 4.69) is 19.6 Å². The molecular weight excluding hydrogens is 188 g/mol. The molecule has 0 aliphatic rings. The van der Waals surface area contributed by atoms with E-state index in [-0.39, 0.29) is 5.78 Å². The number of aromatic amines is 1. The van der Waals surface area contributed by atoms with Gasteiger partial charge in [0.1, 0.15) is 11.4 Å². The van der Waals surface area contributed by atoms with Gasteiger partial charge >= 0.3 is 0 Å². The summed E-state index contributed by atoms with van der Waals surface area (Å²) in [6, 6.07) is 0. The van der Waals surface area contributed by atoms with E-state index >= 15 is 0 Å². The van der Waals surface area contributed by atoms with Gasteiger partial charge in [0.05, 0.1) is 6.20 Å². The molecule has 2 aromatic rings. The summed E-state index contributed by atoms with van der Waals surface area (Å²) in [5, 5.41) is 5.59. The molecule has 2 aromatic heterocycles. The number of hydrogen-bond acceptors (Lipinski definition) is 5. The van der Waals surface area contributed by atoms with Gasteiger partial charge in [0, 0.05) is 12.3 Å². The van der Waals surface area contributed by atoms with Crippen LogP contribution in [0.25, 0.3) is 11.5 Å². The van der Waals surface area contributed by atoms with Crippen LogP contribution in [0.4, 0.5) is 0 Å². The highest BCUT2D eigenvalue weighted by Gasteiger charge is 2.07. The average Bonchev–Trinajstić information content (AvgIpc) is 2.75. The van der Waals surface area contributed by atoms with Gasteiger partial charge in [-0.25, -0.2) is 4.98 Å². The van der Waals surface area contributed by atoms with Crippen LogP contribution in [-0.2, 0) is 0 Å². The number of imidazole rings is 1. The lowest BCUT2D eigenvalue weighted by atomic mass is 10.3. The molecule has 0 saturated carbocycles. The minimum atomic E-state index is -0.0399. The lowest BCUT2D eigenvalue weighted by Gasteiger charge is -1.86. The van der Waals surface area contributed by atoms with Crippen LogP contribution >= 0.6 is 11.5 Å². The first-order chi connectivity index (χ1) is 6.27. The van der Waals surface area contributed by atoms with Gasteiger partial charge in [-0.2, -0.15) is 0 Å². The Morgan fingerprint density at radius 3 is 3.00 bits per heavy atom. The zero-order valence-electron chi connectivity index (χ0n) is 6.81. The molecule has 0 aliphatic carbocycles. The molecule has 0 aliphatic heterocycles. The Labute approximate surface area is 78.0 Å². The molecule has 0 atom stereocenters. The normalized spacial score (nSPS) is 10.2. The summed E-state index contributed by atoms with van der Waals surface area (Å²) in [7, 11) is 0. The van der Waals surface area contributed by atoms with Crippen LogP contribution in [0.1, 0.15) is 17.4 Å². The van der Waals surface area contributed by atoms with E-state index in [4.69, 9.17) is 0 Å². The van der Waals surface area contributed by atoms with Crippen LogP contribution in [0.5, 0.6) is 0 Å². The highest BCUT2D eigenvalue weighted by atomic mass is 32.1. The van der Waals surface area contributed by atoms with Gasteiger partial charge in [0.15, 0.2) is 11.6 Å². The number of rotatable bonds is 2. The van der Waals surface area contributed by atoms with Crippen molar-refractivity contribution < 1.29 is 4.79 Å². The highest BCUT2D eigenvalue weighted by molar-refractivity contribution is 7.03. The number of Topliss-reactive ketones (excluding diaryl/α,β-unsaturated/α-hetero) is 1. The van der Waals surface area contributed by atoms with Crippen LogP contribution in [0.2, 0.25) is 0 Å². The number of H-pyrrole nitrogens is 1. The van der Waals surface area contributed by atoms with Crippen LogP contribution in [-0.4, -0.2) is 25.3 Å². The lowest BCUT2D eigenvalue weighted by molar-refractivity contribution is 0.101. The monoisotopic (exact) mass is 194 g/mol. The third-order valence-corrected chi connectivity index (χ3v) is 2.06. The Bertz CT molecular complexity index is 419. The van der Waals surface area contributed by atoms with Crippen molar-refractivity contribution >= 4 is 17.3 Å². The molecule has 1 N–H and O–H groups in total. The SMILES string of the molecule is CC(=O)c1cnc(-c2csnn2)[nH]1. The highest BCUT2D eigenvalue weighted by Crippen LogP contribution is 2.13. The zero-order valence-corrected chi connectivity index (χ0v) is 7.63. The number of aromatic nitrogens is 4. The second kappa shape index (κ2) is 3.06. The summed E-state index contributed by atoms with van der Waals surface area (Å²) in [6.45, 7) is 1.48. The maximum atomic E-state index is 10.9. The Hall–Kier alpha value is -1.56. The molecule has 6 heteroatoms. The number of nitrogens with zero attached hydrogens (tertiary/aromatic N) is 3. The third kappa shape index (κ3) is 1.48. The van der Waals surface area contributed by atoms with Crippen LogP contribution in [0.15, 0.2) is 11.6 Å². The standard InChI is InChI=1S/C7H6N4OS/c1-4(12)5-2-8-7(9-5)6-3-13-11-10-6/h2-3H,1H3,(H,8,9). The van der Waals surface area contributed by atoms with Crippen LogP contribution in [0, 0.1) is 0 Å². The van der Waals surface area contributed by atoms with E-state index in [0.29, 0.717) is 17.2 Å². The smallest absolute Gasteiger partial charge is 0.177 e. The number of carbonyl (C=O) groups excluding carboxylic acids is 1. The molecule has 2 rings (SSSR count). The first kappa shape index (κ1) is 8.06. The predicted molar refractivity (Wildman–Crippen MR) is 47.5 cm³/mol. The summed E-state index contributed by atoms with van der Waals surface area (Å²) in [6.07, 6.45) is 1.50. The Kier molecular flexibility index (Phi) is 1.90. The maximum Gasteiger partial charge on any atom is 0.177 e. The summed E-state index contributed by atoms with van der Waals surface area (Å²) in [5.41, 5.74) is 1.15. The third-order valence-electron chi connectivity index (χ3n) is 1.56. The first-order valence-corrected chi connectivity index (χ1v) is 4.44. The fourth-order valence-corrected chi connectivity index (χ4v) is 1.34. The molecule has 5 nitrogen and oxygen atoms in total. The van der Waals surface area contributed by atoms with Crippen molar-refractivity contribution in [2.75, 3.05) is 0 Å². The molecule has 66 valence electrons. The zero-order chi connectivity index (χ0) is 9.26. The quantitative estimate of drug-likeness (QED) is 0.727. The molecule has 0 radical (unpaired) electrons. The van der Waals surface area contributed by atoms with Crippen molar-refractivity contribution in [3.05, 3.63) is 17.3 Å². The molecule has 0 aromatic carbocycles. The summed E-state index contributed by atoms with van der Waals surface area (Å²) < 4.78 is 3.70. The predicted octanol–water partition coefficient (Wildman–Crippen LogP) is 1.13. The molecule has 0 unspecified atom stereocenters. The minimum Gasteiger partial charge on any atom is -0.334 e. The average molecular weight is 194 g/mol. The Morgan fingerprint density at radius 2 is 2.46 bits per heavy atom. The van der Waals surface area contributed by atoms with Gasteiger partial charge in [-0.3, -0.25) is 4.79 Å². The fourth-order valence-electron chi connectivity index (χ4n) is 0.898. The van der Waals surface area contributed by atoms with E-state index < -0.39 is 0 Å². The number of nitrogens with one attached hydrogen (secondary N) is 1. The molecule has 0 spiro atoms. The number of hydrogen-bond donors (Lipinski definition) is 1. The Balaban J connectivity index is 2.39. The van der Waals surface area contributed by atoms with Crippen molar-refractivity contribution in [1.29, 1.82) is 0 Å². The second-order valence-corrected chi connectivity index (χ2v) is 3.10. The van der Waals surface area contributed by atoms with E-state index in [1.807, 2.05) is 0 Å². The van der Waals surface area contributed by atoms with Crippen molar-refractivity contribution in [1.82, 2.24) is 19.6 Å². The van der Waals surface area contributed by atoms with Crippen molar-refractivity contribution in [2.24, 2.45) is 0 Å². The van der Waals surface area contributed by atoms with Crippen LogP contribution in [0.3, 0.4) is 0 Å². The number of ketones is 1. The van der Waals surface area contributed by atoms with Crippen molar-refractivity contribution in [3.63, 3.8) is 0 Å². The van der Waals surface area contributed by atoms with Crippen molar-refractivity contribution in [3.8, 4) is 11.5 Å². The van der Waals surface area contributed by atoms with Crippen LogP contribution < -0.4 is 0 Å². The number of carbonyl (C=O) groups is 1. The molecule has 0 fully saturated rings. The topological polar surface area (TPSA) is 71.5 Å².